The number of carboxylic acids is 1. The van der Waals surface area contributed by atoms with E-state index in [0.29, 0.717) is 0 Å². The van der Waals surface area contributed by atoms with Crippen molar-refractivity contribution in [3.63, 3.8) is 0 Å². The van der Waals surface area contributed by atoms with Crippen molar-refractivity contribution in [1.29, 1.82) is 0 Å². The number of hydrogen-bond acceptors (Lipinski definition) is 2. The van der Waals surface area contributed by atoms with Gasteiger partial charge in [-0.2, -0.15) is 0 Å². The van der Waals surface area contributed by atoms with E-state index >= 15 is 0 Å². The van der Waals surface area contributed by atoms with Crippen molar-refractivity contribution in [2.75, 3.05) is 0 Å². The molecule has 0 aromatic heterocycles. The highest BCUT2D eigenvalue weighted by atomic mass is 35.5. The molecule has 0 heterocycles. The molecular weight excluding hydrogens is 267 g/mol. The van der Waals surface area contributed by atoms with Gasteiger partial charge in [-0.3, -0.25) is 9.00 Å². The fraction of sp³-hybridized carbons (Fsp3) is 0.364. The van der Waals surface area contributed by atoms with Gasteiger partial charge in [-0.15, -0.1) is 0 Å². The summed E-state index contributed by atoms with van der Waals surface area (Å²) in [5, 5.41) is 7.98. The molecule has 2 unspecified atom stereocenters. The van der Waals surface area contributed by atoms with Gasteiger partial charge in [-0.25, -0.2) is 4.39 Å². The van der Waals surface area contributed by atoms with Crippen LogP contribution in [0.5, 0.6) is 0 Å². The van der Waals surface area contributed by atoms with Crippen LogP contribution in [-0.2, 0) is 15.6 Å². The van der Waals surface area contributed by atoms with Gasteiger partial charge in [0.15, 0.2) is 0 Å². The molecule has 17 heavy (non-hydrogen) atoms. The van der Waals surface area contributed by atoms with Gasteiger partial charge in [0.25, 0.3) is 0 Å². The summed E-state index contributed by atoms with van der Waals surface area (Å²) in [4.78, 5) is 11.3. The van der Waals surface area contributed by atoms with Gasteiger partial charge >= 0.3 is 5.97 Å². The number of aliphatic carboxylic acids is 1. The lowest BCUT2D eigenvalue weighted by molar-refractivity contribution is -0.136. The van der Waals surface area contributed by atoms with E-state index in [9.17, 15) is 13.4 Å². The van der Waals surface area contributed by atoms with E-state index in [1.165, 1.54) is 12.1 Å². The Hall–Kier alpha value is -0.940. The normalized spacial score (nSPS) is 18.7. The highest BCUT2D eigenvalue weighted by Gasteiger charge is 2.41. The van der Waals surface area contributed by atoms with Gasteiger partial charge in [0.05, 0.1) is 15.8 Å². The maximum atomic E-state index is 12.9. The standard InChI is InChI=1S/C11H10ClFO3S/c12-8-5-7(3-4-9(8)13)17(16)10(11(14)15)6-1-2-6/h3-6,10H,1-2H2,(H,14,15). The van der Waals surface area contributed by atoms with Crippen LogP contribution in [0.1, 0.15) is 12.8 Å². The number of rotatable bonds is 4. The Morgan fingerprint density at radius 3 is 2.65 bits per heavy atom. The monoisotopic (exact) mass is 276 g/mol. The van der Waals surface area contributed by atoms with Gasteiger partial charge in [0.1, 0.15) is 11.1 Å². The van der Waals surface area contributed by atoms with Crippen molar-refractivity contribution in [1.82, 2.24) is 0 Å². The summed E-state index contributed by atoms with van der Waals surface area (Å²) in [5.41, 5.74) is 0. The molecule has 6 heteroatoms. The minimum Gasteiger partial charge on any atom is -0.480 e. The van der Waals surface area contributed by atoms with E-state index in [0.717, 1.165) is 18.9 Å². The SMILES string of the molecule is O=C(O)C(C1CC1)S(=O)c1ccc(F)c(Cl)c1. The zero-order chi connectivity index (χ0) is 12.6. The van der Waals surface area contributed by atoms with E-state index in [2.05, 4.69) is 0 Å². The summed E-state index contributed by atoms with van der Waals surface area (Å²) < 4.78 is 25.0. The Balaban J connectivity index is 2.28. The molecule has 1 aromatic rings. The Labute approximate surface area is 105 Å². The first kappa shape index (κ1) is 12.5. The average molecular weight is 277 g/mol. The molecule has 0 bridgehead atoms. The first-order valence-electron chi connectivity index (χ1n) is 5.09. The lowest BCUT2D eigenvalue weighted by atomic mass is 10.3. The first-order chi connectivity index (χ1) is 8.00. The van der Waals surface area contributed by atoms with Crippen molar-refractivity contribution in [2.24, 2.45) is 5.92 Å². The van der Waals surface area contributed by atoms with Crippen LogP contribution < -0.4 is 0 Å². The van der Waals surface area contributed by atoms with Crippen LogP contribution in [0.4, 0.5) is 4.39 Å². The minimum absolute atomic E-state index is 0.0443. The molecule has 1 aliphatic rings. The lowest BCUT2D eigenvalue weighted by Gasteiger charge is -2.11. The summed E-state index contributed by atoms with van der Waals surface area (Å²) >= 11 is 5.58. The first-order valence-corrected chi connectivity index (χ1v) is 6.68. The van der Waals surface area contributed by atoms with E-state index in [1.807, 2.05) is 0 Å². The zero-order valence-electron chi connectivity index (χ0n) is 8.73. The molecule has 2 atom stereocenters. The van der Waals surface area contributed by atoms with E-state index < -0.39 is 27.8 Å². The highest BCUT2D eigenvalue weighted by Crippen LogP contribution is 2.37. The number of hydrogen-bond donors (Lipinski definition) is 1. The van der Waals surface area contributed by atoms with Gasteiger partial charge in [-0.05, 0) is 37.0 Å². The van der Waals surface area contributed by atoms with Gasteiger partial charge in [-0.1, -0.05) is 11.6 Å². The smallest absolute Gasteiger partial charge is 0.319 e. The second kappa shape index (κ2) is 4.74. The third-order valence-corrected chi connectivity index (χ3v) is 4.70. The predicted octanol–water partition coefficient (Wildman–Crippen LogP) is 2.45. The Morgan fingerprint density at radius 1 is 1.53 bits per heavy atom. The van der Waals surface area contributed by atoms with Crippen LogP contribution in [0.25, 0.3) is 0 Å². The predicted molar refractivity (Wildman–Crippen MR) is 62.0 cm³/mol. The maximum absolute atomic E-state index is 12.9. The summed E-state index contributed by atoms with van der Waals surface area (Å²) in [6.45, 7) is 0. The van der Waals surface area contributed by atoms with Crippen LogP contribution in [0.15, 0.2) is 23.1 Å². The maximum Gasteiger partial charge on any atom is 0.319 e. The molecule has 0 spiro atoms. The molecule has 1 fully saturated rings. The molecule has 1 aliphatic carbocycles. The van der Waals surface area contributed by atoms with Gasteiger partial charge in [0.2, 0.25) is 0 Å². The van der Waals surface area contributed by atoms with E-state index in [4.69, 9.17) is 16.7 Å². The molecule has 1 saturated carbocycles. The van der Waals surface area contributed by atoms with Crippen LogP contribution in [-0.4, -0.2) is 20.5 Å². The third-order valence-electron chi connectivity index (χ3n) is 2.65. The Kier molecular flexibility index (Phi) is 3.49. The molecule has 1 aromatic carbocycles. The van der Waals surface area contributed by atoms with E-state index in [1.54, 1.807) is 0 Å². The molecule has 0 aliphatic heterocycles. The summed E-state index contributed by atoms with van der Waals surface area (Å²) in [7, 11) is -1.69. The van der Waals surface area contributed by atoms with Crippen molar-refractivity contribution < 1.29 is 18.5 Å². The van der Waals surface area contributed by atoms with Gasteiger partial charge in [0, 0.05) is 4.90 Å². The topological polar surface area (TPSA) is 54.4 Å². The van der Waals surface area contributed by atoms with Crippen molar-refractivity contribution in [3.05, 3.63) is 29.0 Å². The quantitative estimate of drug-likeness (QED) is 0.919. The molecule has 0 amide bonds. The number of carbonyl (C=O) groups is 1. The molecule has 3 nitrogen and oxygen atoms in total. The molecular formula is C11H10ClFO3S. The van der Waals surface area contributed by atoms with Crippen LogP contribution in [0.3, 0.4) is 0 Å². The fourth-order valence-corrected chi connectivity index (χ4v) is 3.40. The van der Waals surface area contributed by atoms with Crippen LogP contribution in [0, 0.1) is 11.7 Å². The second-order valence-electron chi connectivity index (χ2n) is 3.97. The molecule has 2 rings (SSSR count). The largest absolute Gasteiger partial charge is 0.480 e. The zero-order valence-corrected chi connectivity index (χ0v) is 10.3. The molecule has 1 N–H and O–H groups in total. The fourth-order valence-electron chi connectivity index (χ4n) is 1.62. The molecule has 0 saturated heterocycles. The Bertz CT molecular complexity index is 488. The van der Waals surface area contributed by atoms with Crippen LogP contribution >= 0.6 is 11.6 Å². The summed E-state index contributed by atoms with van der Waals surface area (Å²) in [5.74, 6) is -1.73. The van der Waals surface area contributed by atoms with Gasteiger partial charge < -0.3 is 5.11 Å². The number of benzene rings is 1. The highest BCUT2D eigenvalue weighted by molar-refractivity contribution is 7.86. The van der Waals surface area contributed by atoms with Crippen molar-refractivity contribution in [2.45, 2.75) is 23.0 Å². The van der Waals surface area contributed by atoms with Crippen molar-refractivity contribution in [3.8, 4) is 0 Å². The number of halogens is 2. The summed E-state index contributed by atoms with van der Waals surface area (Å²) in [6.07, 6.45) is 1.55. The van der Waals surface area contributed by atoms with Crippen molar-refractivity contribution >= 4 is 28.4 Å². The summed E-state index contributed by atoms with van der Waals surface area (Å²) in [6, 6.07) is 3.64. The molecule has 0 radical (unpaired) electrons. The van der Waals surface area contributed by atoms with E-state index in [-0.39, 0.29) is 15.8 Å². The second-order valence-corrected chi connectivity index (χ2v) is 5.95. The minimum atomic E-state index is -1.69. The third kappa shape index (κ3) is 2.66. The molecule has 92 valence electrons. The van der Waals surface area contributed by atoms with Crippen LogP contribution in [0.2, 0.25) is 5.02 Å². The lowest BCUT2D eigenvalue weighted by Crippen LogP contribution is -2.27. The number of carboxylic acid groups (broad SMARTS) is 1. The average Bonchev–Trinajstić information content (AvgIpc) is 3.06. The Morgan fingerprint density at radius 2 is 2.18 bits per heavy atom.